The highest BCUT2D eigenvalue weighted by atomic mass is 19.4. The van der Waals surface area contributed by atoms with E-state index in [0.717, 1.165) is 0 Å². The van der Waals surface area contributed by atoms with Gasteiger partial charge in [-0.3, -0.25) is 9.48 Å². The molecular weight excluding hydrogens is 325 g/mol. The van der Waals surface area contributed by atoms with Gasteiger partial charge in [0.15, 0.2) is 6.61 Å². The molecule has 130 valence electrons. The number of halogens is 3. The Balaban J connectivity index is 2.08. The number of aromatic nitrogens is 3. The number of rotatable bonds is 5. The van der Waals surface area contributed by atoms with Crippen molar-refractivity contribution in [2.75, 3.05) is 6.61 Å². The highest BCUT2D eigenvalue weighted by Gasteiger charge is 2.29. The second-order valence-electron chi connectivity index (χ2n) is 5.22. The van der Waals surface area contributed by atoms with Gasteiger partial charge in [0.25, 0.3) is 5.91 Å². The number of nitrogens with zero attached hydrogens (tertiary/aromatic N) is 3. The SMILES string of the molecule is Cc1nn(C)c(C)c1C(=O)NCc1cccnc1OCC(F)(F)F. The van der Waals surface area contributed by atoms with Gasteiger partial charge in [-0.25, -0.2) is 4.98 Å². The van der Waals surface area contributed by atoms with Crippen LogP contribution in [0, 0.1) is 13.8 Å². The van der Waals surface area contributed by atoms with Crippen LogP contribution in [-0.4, -0.2) is 33.5 Å². The number of carbonyl (C=O) groups is 1. The summed E-state index contributed by atoms with van der Waals surface area (Å²) in [4.78, 5) is 16.1. The van der Waals surface area contributed by atoms with Gasteiger partial charge in [0.2, 0.25) is 5.88 Å². The average molecular weight is 342 g/mol. The lowest BCUT2D eigenvalue weighted by Gasteiger charge is -2.12. The fourth-order valence-electron chi connectivity index (χ4n) is 2.20. The van der Waals surface area contributed by atoms with Gasteiger partial charge in [-0.2, -0.15) is 18.3 Å². The topological polar surface area (TPSA) is 69.0 Å². The molecule has 2 rings (SSSR count). The van der Waals surface area contributed by atoms with Gasteiger partial charge in [-0.05, 0) is 19.9 Å². The van der Waals surface area contributed by atoms with E-state index in [2.05, 4.69) is 20.1 Å². The molecule has 0 aromatic carbocycles. The zero-order valence-corrected chi connectivity index (χ0v) is 13.4. The van der Waals surface area contributed by atoms with Crippen molar-refractivity contribution < 1.29 is 22.7 Å². The van der Waals surface area contributed by atoms with Crippen molar-refractivity contribution >= 4 is 5.91 Å². The van der Waals surface area contributed by atoms with Gasteiger partial charge in [0, 0.05) is 31.0 Å². The first kappa shape index (κ1) is 17.8. The third-order valence-corrected chi connectivity index (χ3v) is 3.40. The zero-order chi connectivity index (χ0) is 17.9. The third-order valence-electron chi connectivity index (χ3n) is 3.40. The van der Waals surface area contributed by atoms with Crippen LogP contribution in [-0.2, 0) is 13.6 Å². The predicted molar refractivity (Wildman–Crippen MR) is 79.6 cm³/mol. The molecule has 24 heavy (non-hydrogen) atoms. The van der Waals surface area contributed by atoms with Crippen molar-refractivity contribution in [1.82, 2.24) is 20.1 Å². The molecule has 0 bridgehead atoms. The van der Waals surface area contributed by atoms with Crippen LogP contribution in [0.25, 0.3) is 0 Å². The summed E-state index contributed by atoms with van der Waals surface area (Å²) in [6.07, 6.45) is -3.13. The fourth-order valence-corrected chi connectivity index (χ4v) is 2.20. The number of ether oxygens (including phenoxy) is 1. The molecule has 0 saturated carbocycles. The molecule has 0 aliphatic carbocycles. The van der Waals surface area contributed by atoms with E-state index in [9.17, 15) is 18.0 Å². The summed E-state index contributed by atoms with van der Waals surface area (Å²) in [5, 5.41) is 6.81. The fraction of sp³-hybridized carbons (Fsp3) is 0.400. The zero-order valence-electron chi connectivity index (χ0n) is 13.4. The summed E-state index contributed by atoms with van der Waals surface area (Å²) < 4.78 is 43.1. The van der Waals surface area contributed by atoms with Crippen LogP contribution < -0.4 is 10.1 Å². The lowest BCUT2D eigenvalue weighted by molar-refractivity contribution is -0.154. The van der Waals surface area contributed by atoms with Crippen LogP contribution in [0.4, 0.5) is 13.2 Å². The lowest BCUT2D eigenvalue weighted by Crippen LogP contribution is -2.25. The Morgan fingerprint density at radius 1 is 1.38 bits per heavy atom. The van der Waals surface area contributed by atoms with Gasteiger partial charge in [-0.15, -0.1) is 0 Å². The molecule has 1 amide bonds. The van der Waals surface area contributed by atoms with E-state index in [1.165, 1.54) is 6.20 Å². The molecule has 0 aliphatic heterocycles. The van der Waals surface area contributed by atoms with E-state index in [1.807, 2.05) is 0 Å². The van der Waals surface area contributed by atoms with Gasteiger partial charge in [-0.1, -0.05) is 6.07 Å². The van der Waals surface area contributed by atoms with Crippen LogP contribution >= 0.6 is 0 Å². The Hall–Kier alpha value is -2.58. The smallest absolute Gasteiger partial charge is 0.422 e. The van der Waals surface area contributed by atoms with Crippen LogP contribution in [0.3, 0.4) is 0 Å². The molecule has 0 fully saturated rings. The first-order valence-corrected chi connectivity index (χ1v) is 7.11. The monoisotopic (exact) mass is 342 g/mol. The predicted octanol–water partition coefficient (Wildman–Crippen LogP) is 2.30. The van der Waals surface area contributed by atoms with Gasteiger partial charge >= 0.3 is 6.18 Å². The number of carbonyl (C=O) groups excluding carboxylic acids is 1. The number of alkyl halides is 3. The quantitative estimate of drug-likeness (QED) is 0.905. The molecule has 0 saturated heterocycles. The number of nitrogens with one attached hydrogen (secondary N) is 1. The average Bonchev–Trinajstić information content (AvgIpc) is 2.75. The van der Waals surface area contributed by atoms with E-state index < -0.39 is 12.8 Å². The summed E-state index contributed by atoms with van der Waals surface area (Å²) in [7, 11) is 1.73. The summed E-state index contributed by atoms with van der Waals surface area (Å²) in [6, 6.07) is 3.10. The summed E-state index contributed by atoms with van der Waals surface area (Å²) in [5.74, 6) is -0.515. The van der Waals surface area contributed by atoms with Crippen molar-refractivity contribution in [3.05, 3.63) is 40.8 Å². The Morgan fingerprint density at radius 3 is 2.67 bits per heavy atom. The van der Waals surface area contributed by atoms with E-state index >= 15 is 0 Å². The molecule has 0 radical (unpaired) electrons. The molecule has 9 heteroatoms. The maximum atomic E-state index is 12.3. The molecular formula is C15H17F3N4O2. The highest BCUT2D eigenvalue weighted by Crippen LogP contribution is 2.20. The summed E-state index contributed by atoms with van der Waals surface area (Å²) in [6.45, 7) is 2.03. The van der Waals surface area contributed by atoms with E-state index in [1.54, 1.807) is 37.7 Å². The van der Waals surface area contributed by atoms with Crippen molar-refractivity contribution in [2.24, 2.45) is 7.05 Å². The molecule has 0 unspecified atom stereocenters. The van der Waals surface area contributed by atoms with Gasteiger partial charge in [0.1, 0.15) is 0 Å². The molecule has 0 spiro atoms. The summed E-state index contributed by atoms with van der Waals surface area (Å²) in [5.41, 5.74) is 2.07. The minimum absolute atomic E-state index is 0.00631. The van der Waals surface area contributed by atoms with Crippen LogP contribution in [0.5, 0.6) is 5.88 Å². The van der Waals surface area contributed by atoms with E-state index in [0.29, 0.717) is 22.5 Å². The van der Waals surface area contributed by atoms with E-state index in [4.69, 9.17) is 0 Å². The first-order chi connectivity index (χ1) is 11.2. The number of aryl methyl sites for hydroxylation is 2. The van der Waals surface area contributed by atoms with Crippen LogP contribution in [0.2, 0.25) is 0 Å². The maximum Gasteiger partial charge on any atom is 0.422 e. The number of amides is 1. The molecule has 2 aromatic heterocycles. The van der Waals surface area contributed by atoms with Crippen LogP contribution in [0.1, 0.15) is 27.3 Å². The van der Waals surface area contributed by atoms with Gasteiger partial charge in [0.05, 0.1) is 11.3 Å². The molecule has 6 nitrogen and oxygen atoms in total. The minimum atomic E-state index is -4.46. The Kier molecular flexibility index (Phi) is 5.10. The number of hydrogen-bond acceptors (Lipinski definition) is 4. The molecule has 2 aromatic rings. The number of pyridine rings is 1. The van der Waals surface area contributed by atoms with Crippen LogP contribution in [0.15, 0.2) is 18.3 Å². The van der Waals surface area contributed by atoms with Gasteiger partial charge < -0.3 is 10.1 Å². The van der Waals surface area contributed by atoms with Crippen molar-refractivity contribution in [3.63, 3.8) is 0 Å². The highest BCUT2D eigenvalue weighted by molar-refractivity contribution is 5.96. The second kappa shape index (κ2) is 6.90. The van der Waals surface area contributed by atoms with Crippen molar-refractivity contribution in [3.8, 4) is 5.88 Å². The minimum Gasteiger partial charge on any atom is -0.468 e. The Bertz CT molecular complexity index is 741. The molecule has 1 N–H and O–H groups in total. The lowest BCUT2D eigenvalue weighted by atomic mass is 10.2. The second-order valence-corrected chi connectivity index (χ2v) is 5.22. The first-order valence-electron chi connectivity index (χ1n) is 7.11. The maximum absolute atomic E-state index is 12.3. The summed E-state index contributed by atoms with van der Waals surface area (Å²) >= 11 is 0. The van der Waals surface area contributed by atoms with E-state index in [-0.39, 0.29) is 18.3 Å². The molecule has 0 aliphatic rings. The normalized spacial score (nSPS) is 11.4. The Labute approximate surface area is 136 Å². The van der Waals surface area contributed by atoms with Crippen molar-refractivity contribution in [2.45, 2.75) is 26.6 Å². The molecule has 2 heterocycles. The molecule has 0 atom stereocenters. The Morgan fingerprint density at radius 2 is 2.08 bits per heavy atom. The number of hydrogen-bond donors (Lipinski definition) is 1. The van der Waals surface area contributed by atoms with Crippen molar-refractivity contribution in [1.29, 1.82) is 0 Å². The standard InChI is InChI=1S/C15H17F3N4O2/c1-9-12(10(2)22(3)21-9)13(23)20-7-11-5-4-6-19-14(11)24-8-15(16,17)18/h4-6H,7-8H2,1-3H3,(H,20,23). The third kappa shape index (κ3) is 4.24. The largest absolute Gasteiger partial charge is 0.468 e.